The van der Waals surface area contributed by atoms with Gasteiger partial charge in [0.1, 0.15) is 23.0 Å². The van der Waals surface area contributed by atoms with Crippen molar-refractivity contribution in [1.29, 1.82) is 0 Å². The minimum atomic E-state index is -0.841. The standard InChI is InChI=1S/C20H23BrN2O6/c1-5-28-13-6-8-14(9-7-13)29-12(2)19(24)22-23-20(25)16-10-15(26-3)11-17(21)18(16)27-4/h6-12H,5H2,1-4H3,(H,22,24)(H,23,25). The summed E-state index contributed by atoms with van der Waals surface area (Å²) in [5, 5.41) is 0. The van der Waals surface area contributed by atoms with E-state index in [1.54, 1.807) is 37.3 Å². The molecule has 0 aliphatic rings. The summed E-state index contributed by atoms with van der Waals surface area (Å²) >= 11 is 3.32. The van der Waals surface area contributed by atoms with Crippen LogP contribution in [-0.4, -0.2) is 38.7 Å². The fraction of sp³-hybridized carbons (Fsp3) is 0.300. The first-order chi connectivity index (χ1) is 13.9. The summed E-state index contributed by atoms with van der Waals surface area (Å²) in [4.78, 5) is 24.7. The molecule has 0 saturated carbocycles. The van der Waals surface area contributed by atoms with E-state index in [-0.39, 0.29) is 5.56 Å². The van der Waals surface area contributed by atoms with Crippen molar-refractivity contribution in [1.82, 2.24) is 10.9 Å². The number of methoxy groups -OCH3 is 2. The maximum absolute atomic E-state index is 12.5. The van der Waals surface area contributed by atoms with Crippen LogP contribution in [0.3, 0.4) is 0 Å². The second-order valence-electron chi connectivity index (χ2n) is 5.80. The number of amides is 2. The predicted molar refractivity (Wildman–Crippen MR) is 111 cm³/mol. The molecular formula is C20H23BrN2O6. The molecule has 29 heavy (non-hydrogen) atoms. The second kappa shape index (κ2) is 10.6. The molecule has 2 aromatic carbocycles. The van der Waals surface area contributed by atoms with Crippen molar-refractivity contribution in [3.8, 4) is 23.0 Å². The highest BCUT2D eigenvalue weighted by molar-refractivity contribution is 9.10. The van der Waals surface area contributed by atoms with Gasteiger partial charge in [-0.15, -0.1) is 0 Å². The van der Waals surface area contributed by atoms with Crippen LogP contribution in [0.5, 0.6) is 23.0 Å². The maximum atomic E-state index is 12.5. The van der Waals surface area contributed by atoms with Gasteiger partial charge in [0, 0.05) is 0 Å². The molecule has 8 nitrogen and oxygen atoms in total. The van der Waals surface area contributed by atoms with Crippen LogP contribution in [0.15, 0.2) is 40.9 Å². The molecule has 0 fully saturated rings. The van der Waals surface area contributed by atoms with Gasteiger partial charge in [-0.3, -0.25) is 20.4 Å². The number of hydrogen-bond acceptors (Lipinski definition) is 6. The Morgan fingerprint density at radius 3 is 2.24 bits per heavy atom. The quantitative estimate of drug-likeness (QED) is 0.580. The molecule has 0 aromatic heterocycles. The van der Waals surface area contributed by atoms with Crippen molar-refractivity contribution in [3.63, 3.8) is 0 Å². The van der Waals surface area contributed by atoms with Gasteiger partial charge in [-0.1, -0.05) is 0 Å². The van der Waals surface area contributed by atoms with Crippen molar-refractivity contribution >= 4 is 27.7 Å². The van der Waals surface area contributed by atoms with E-state index in [1.165, 1.54) is 20.3 Å². The van der Waals surface area contributed by atoms with Crippen LogP contribution in [-0.2, 0) is 4.79 Å². The fourth-order valence-corrected chi connectivity index (χ4v) is 2.99. The lowest BCUT2D eigenvalue weighted by Gasteiger charge is -2.16. The largest absolute Gasteiger partial charge is 0.497 e. The highest BCUT2D eigenvalue weighted by Gasteiger charge is 2.20. The average molecular weight is 467 g/mol. The van der Waals surface area contributed by atoms with Crippen LogP contribution in [0.4, 0.5) is 0 Å². The number of carbonyl (C=O) groups is 2. The van der Waals surface area contributed by atoms with Gasteiger partial charge in [-0.2, -0.15) is 0 Å². The predicted octanol–water partition coefficient (Wildman–Crippen LogP) is 3.09. The monoisotopic (exact) mass is 466 g/mol. The summed E-state index contributed by atoms with van der Waals surface area (Å²) in [6.07, 6.45) is -0.841. The van der Waals surface area contributed by atoms with Crippen molar-refractivity contribution < 1.29 is 28.5 Å². The Labute approximate surface area is 177 Å². The minimum absolute atomic E-state index is 0.194. The van der Waals surface area contributed by atoms with Crippen LogP contribution in [0.2, 0.25) is 0 Å². The molecule has 0 bridgehead atoms. The molecule has 9 heteroatoms. The van der Waals surface area contributed by atoms with E-state index in [2.05, 4.69) is 26.8 Å². The Bertz CT molecular complexity index is 857. The first-order valence-corrected chi connectivity index (χ1v) is 9.60. The average Bonchev–Trinajstić information content (AvgIpc) is 2.72. The summed E-state index contributed by atoms with van der Waals surface area (Å²) < 4.78 is 21.9. The summed E-state index contributed by atoms with van der Waals surface area (Å²) in [6, 6.07) is 10.1. The first-order valence-electron chi connectivity index (χ1n) is 8.80. The molecule has 0 saturated heterocycles. The Balaban J connectivity index is 1.97. The molecule has 0 aliphatic heterocycles. The minimum Gasteiger partial charge on any atom is -0.497 e. The van der Waals surface area contributed by atoms with Crippen molar-refractivity contribution in [2.45, 2.75) is 20.0 Å². The lowest BCUT2D eigenvalue weighted by atomic mass is 10.2. The van der Waals surface area contributed by atoms with Crippen molar-refractivity contribution in [2.75, 3.05) is 20.8 Å². The van der Waals surface area contributed by atoms with Gasteiger partial charge in [0.25, 0.3) is 11.8 Å². The number of benzene rings is 2. The summed E-state index contributed by atoms with van der Waals surface area (Å²) in [6.45, 7) is 4.03. The van der Waals surface area contributed by atoms with Crippen molar-refractivity contribution in [3.05, 3.63) is 46.4 Å². The normalized spacial score (nSPS) is 11.2. The van der Waals surface area contributed by atoms with E-state index < -0.39 is 17.9 Å². The number of nitrogens with one attached hydrogen (secondary N) is 2. The topological polar surface area (TPSA) is 95.1 Å². The van der Waals surface area contributed by atoms with Crippen LogP contribution in [0.1, 0.15) is 24.2 Å². The third-order valence-corrected chi connectivity index (χ3v) is 4.41. The third kappa shape index (κ3) is 6.02. The van der Waals surface area contributed by atoms with E-state index in [9.17, 15) is 9.59 Å². The lowest BCUT2D eigenvalue weighted by molar-refractivity contribution is -0.128. The summed E-state index contributed by atoms with van der Waals surface area (Å²) in [7, 11) is 2.92. The molecule has 1 atom stereocenters. The summed E-state index contributed by atoms with van der Waals surface area (Å²) in [5.41, 5.74) is 4.88. The van der Waals surface area contributed by atoms with Gasteiger partial charge in [0.05, 0.1) is 30.9 Å². The zero-order valence-electron chi connectivity index (χ0n) is 16.6. The lowest BCUT2D eigenvalue weighted by Crippen LogP contribution is -2.47. The molecular weight excluding hydrogens is 444 g/mol. The van der Waals surface area contributed by atoms with Gasteiger partial charge < -0.3 is 18.9 Å². The molecule has 0 spiro atoms. The highest BCUT2D eigenvalue weighted by Crippen LogP contribution is 2.33. The summed E-state index contributed by atoms with van der Waals surface area (Å²) in [5.74, 6) is 0.900. The van der Waals surface area contributed by atoms with Gasteiger partial charge in [-0.25, -0.2) is 0 Å². The fourth-order valence-electron chi connectivity index (χ4n) is 2.39. The van der Waals surface area contributed by atoms with Crippen LogP contribution in [0.25, 0.3) is 0 Å². The molecule has 0 aliphatic carbocycles. The van der Waals surface area contributed by atoms with Crippen LogP contribution >= 0.6 is 15.9 Å². The smallest absolute Gasteiger partial charge is 0.279 e. The second-order valence-corrected chi connectivity index (χ2v) is 6.65. The zero-order valence-corrected chi connectivity index (χ0v) is 18.2. The number of hydrogen-bond donors (Lipinski definition) is 2. The highest BCUT2D eigenvalue weighted by atomic mass is 79.9. The zero-order chi connectivity index (χ0) is 21.4. The number of ether oxygens (including phenoxy) is 4. The molecule has 2 amide bonds. The van der Waals surface area contributed by atoms with Gasteiger partial charge in [0.15, 0.2) is 6.10 Å². The number of hydrazine groups is 1. The van der Waals surface area contributed by atoms with E-state index in [0.29, 0.717) is 34.1 Å². The number of rotatable bonds is 8. The molecule has 0 radical (unpaired) electrons. The van der Waals surface area contributed by atoms with E-state index >= 15 is 0 Å². The van der Waals surface area contributed by atoms with Crippen LogP contribution < -0.4 is 29.8 Å². The molecule has 2 rings (SSSR count). The van der Waals surface area contributed by atoms with E-state index in [0.717, 1.165) is 0 Å². The molecule has 1 unspecified atom stereocenters. The first kappa shape index (κ1) is 22.4. The third-order valence-electron chi connectivity index (χ3n) is 3.82. The Morgan fingerprint density at radius 1 is 1.00 bits per heavy atom. The Hall–Kier alpha value is -2.94. The molecule has 0 heterocycles. The van der Waals surface area contributed by atoms with E-state index in [1.807, 2.05) is 6.92 Å². The molecule has 2 aromatic rings. The van der Waals surface area contributed by atoms with Gasteiger partial charge in [-0.05, 0) is 66.2 Å². The van der Waals surface area contributed by atoms with Crippen molar-refractivity contribution in [2.24, 2.45) is 0 Å². The SMILES string of the molecule is CCOc1ccc(OC(C)C(=O)NNC(=O)c2cc(OC)cc(Br)c2OC)cc1. The molecule has 156 valence electrons. The van der Waals surface area contributed by atoms with Crippen LogP contribution in [0, 0.1) is 0 Å². The van der Waals surface area contributed by atoms with Gasteiger partial charge in [0.2, 0.25) is 0 Å². The molecule has 2 N–H and O–H groups in total. The number of carbonyl (C=O) groups excluding carboxylic acids is 2. The number of halogens is 1. The van der Waals surface area contributed by atoms with E-state index in [4.69, 9.17) is 18.9 Å². The van der Waals surface area contributed by atoms with Gasteiger partial charge >= 0.3 is 0 Å². The maximum Gasteiger partial charge on any atom is 0.279 e. The Kier molecular flexibility index (Phi) is 8.14. The Morgan fingerprint density at radius 2 is 1.66 bits per heavy atom.